The number of benzene rings is 1. The van der Waals surface area contributed by atoms with Crippen LogP contribution in [0.4, 0.5) is 18.0 Å². The SMILES string of the molecule is CC1(CCc2ccccc2)NC(=O)N(CC(=O)NCC(F)(F)F)C1=O. The van der Waals surface area contributed by atoms with Crippen molar-refractivity contribution in [3.8, 4) is 0 Å². The van der Waals surface area contributed by atoms with E-state index in [0.717, 1.165) is 5.56 Å². The fraction of sp³-hybridized carbons (Fsp3) is 0.438. The molecular formula is C16H18F3N3O3. The largest absolute Gasteiger partial charge is 0.405 e. The number of aryl methyl sites for hydroxylation is 1. The molecule has 25 heavy (non-hydrogen) atoms. The van der Waals surface area contributed by atoms with E-state index < -0.39 is 42.7 Å². The fourth-order valence-electron chi connectivity index (χ4n) is 2.50. The molecule has 1 aliphatic heterocycles. The Morgan fingerprint density at radius 2 is 1.88 bits per heavy atom. The number of alkyl halides is 3. The van der Waals surface area contributed by atoms with Gasteiger partial charge in [-0.05, 0) is 25.3 Å². The highest BCUT2D eigenvalue weighted by molar-refractivity contribution is 6.08. The smallest absolute Gasteiger partial charge is 0.345 e. The van der Waals surface area contributed by atoms with E-state index in [4.69, 9.17) is 0 Å². The lowest BCUT2D eigenvalue weighted by atomic mass is 9.93. The first-order chi connectivity index (χ1) is 11.6. The van der Waals surface area contributed by atoms with Gasteiger partial charge in [0.05, 0.1) is 0 Å². The van der Waals surface area contributed by atoms with Crippen molar-refractivity contribution in [2.45, 2.75) is 31.5 Å². The lowest BCUT2D eigenvalue weighted by Gasteiger charge is -2.21. The van der Waals surface area contributed by atoms with E-state index in [1.54, 1.807) is 5.32 Å². The summed E-state index contributed by atoms with van der Waals surface area (Å²) in [4.78, 5) is 36.6. The monoisotopic (exact) mass is 357 g/mol. The Kier molecular flexibility index (Phi) is 5.34. The molecular weight excluding hydrogens is 339 g/mol. The van der Waals surface area contributed by atoms with Crippen molar-refractivity contribution in [2.75, 3.05) is 13.1 Å². The van der Waals surface area contributed by atoms with Crippen LogP contribution in [0.25, 0.3) is 0 Å². The highest BCUT2D eigenvalue weighted by Gasteiger charge is 2.47. The summed E-state index contributed by atoms with van der Waals surface area (Å²) < 4.78 is 36.3. The molecule has 0 radical (unpaired) electrons. The molecule has 1 saturated heterocycles. The van der Waals surface area contributed by atoms with Crippen molar-refractivity contribution in [1.82, 2.24) is 15.5 Å². The standard InChI is InChI=1S/C16H18F3N3O3/c1-15(8-7-11-5-3-2-4-6-11)13(24)22(14(25)21-15)9-12(23)20-10-16(17,18)19/h2-6H,7-10H2,1H3,(H,20,23)(H,21,25). The molecule has 1 heterocycles. The van der Waals surface area contributed by atoms with Crippen LogP contribution in [0.5, 0.6) is 0 Å². The average Bonchev–Trinajstić information content (AvgIpc) is 2.75. The predicted molar refractivity (Wildman–Crippen MR) is 82.5 cm³/mol. The van der Waals surface area contributed by atoms with Gasteiger partial charge in [0, 0.05) is 0 Å². The third-order valence-electron chi connectivity index (χ3n) is 3.89. The van der Waals surface area contributed by atoms with E-state index in [1.807, 2.05) is 30.3 Å². The summed E-state index contributed by atoms with van der Waals surface area (Å²) in [6, 6.07) is 8.53. The first kappa shape index (κ1) is 18.8. The number of halogens is 3. The average molecular weight is 357 g/mol. The second-order valence-electron chi connectivity index (χ2n) is 6.03. The van der Waals surface area contributed by atoms with E-state index in [-0.39, 0.29) is 0 Å². The number of carbonyl (C=O) groups excluding carboxylic acids is 3. The van der Waals surface area contributed by atoms with Crippen LogP contribution in [0.15, 0.2) is 30.3 Å². The minimum absolute atomic E-state index is 0.308. The van der Waals surface area contributed by atoms with Gasteiger partial charge in [-0.2, -0.15) is 13.2 Å². The predicted octanol–water partition coefficient (Wildman–Crippen LogP) is 1.61. The first-order valence-corrected chi connectivity index (χ1v) is 7.62. The molecule has 136 valence electrons. The number of urea groups is 1. The highest BCUT2D eigenvalue weighted by atomic mass is 19.4. The van der Waals surface area contributed by atoms with Gasteiger partial charge in [-0.25, -0.2) is 4.79 Å². The number of carbonyl (C=O) groups is 3. The summed E-state index contributed by atoms with van der Waals surface area (Å²) in [5, 5.41) is 4.15. The van der Waals surface area contributed by atoms with Crippen LogP contribution in [0.1, 0.15) is 18.9 Å². The molecule has 1 aromatic carbocycles. The van der Waals surface area contributed by atoms with Crippen LogP contribution in [-0.4, -0.2) is 47.6 Å². The van der Waals surface area contributed by atoms with Crippen LogP contribution >= 0.6 is 0 Å². The summed E-state index contributed by atoms with van der Waals surface area (Å²) in [5.74, 6) is -1.68. The molecule has 0 aliphatic carbocycles. The fourth-order valence-corrected chi connectivity index (χ4v) is 2.50. The van der Waals surface area contributed by atoms with Crippen molar-refractivity contribution in [3.63, 3.8) is 0 Å². The van der Waals surface area contributed by atoms with Crippen molar-refractivity contribution < 1.29 is 27.6 Å². The topological polar surface area (TPSA) is 78.5 Å². The number of imide groups is 1. The molecule has 1 aliphatic rings. The Morgan fingerprint density at radius 3 is 2.48 bits per heavy atom. The van der Waals surface area contributed by atoms with E-state index in [1.165, 1.54) is 6.92 Å². The molecule has 9 heteroatoms. The van der Waals surface area contributed by atoms with Crippen LogP contribution < -0.4 is 10.6 Å². The van der Waals surface area contributed by atoms with Gasteiger partial charge in [0.2, 0.25) is 5.91 Å². The van der Waals surface area contributed by atoms with Gasteiger partial charge in [-0.15, -0.1) is 0 Å². The van der Waals surface area contributed by atoms with Crippen LogP contribution in [-0.2, 0) is 16.0 Å². The molecule has 1 fully saturated rings. The maximum absolute atomic E-state index is 12.4. The minimum Gasteiger partial charge on any atom is -0.345 e. The molecule has 0 spiro atoms. The summed E-state index contributed by atoms with van der Waals surface area (Å²) in [5.41, 5.74) is -0.218. The number of nitrogens with zero attached hydrogens (tertiary/aromatic N) is 1. The third kappa shape index (κ3) is 4.94. The lowest BCUT2D eigenvalue weighted by Crippen LogP contribution is -2.46. The number of hydrogen-bond acceptors (Lipinski definition) is 3. The maximum Gasteiger partial charge on any atom is 0.405 e. The number of hydrogen-bond donors (Lipinski definition) is 2. The Morgan fingerprint density at radius 1 is 1.24 bits per heavy atom. The second-order valence-corrected chi connectivity index (χ2v) is 6.03. The van der Waals surface area contributed by atoms with Gasteiger partial charge in [0.15, 0.2) is 0 Å². The van der Waals surface area contributed by atoms with E-state index in [9.17, 15) is 27.6 Å². The van der Waals surface area contributed by atoms with Gasteiger partial charge >= 0.3 is 12.2 Å². The van der Waals surface area contributed by atoms with Gasteiger partial charge in [-0.1, -0.05) is 30.3 Å². The Labute approximate surface area is 142 Å². The Bertz CT molecular complexity index is 664. The van der Waals surface area contributed by atoms with E-state index >= 15 is 0 Å². The molecule has 0 saturated carbocycles. The van der Waals surface area contributed by atoms with E-state index in [2.05, 4.69) is 5.32 Å². The highest BCUT2D eigenvalue weighted by Crippen LogP contribution is 2.23. The quantitative estimate of drug-likeness (QED) is 0.760. The minimum atomic E-state index is -4.56. The zero-order valence-corrected chi connectivity index (χ0v) is 13.5. The molecule has 1 aromatic rings. The molecule has 6 nitrogen and oxygen atoms in total. The summed E-state index contributed by atoms with van der Waals surface area (Å²) >= 11 is 0. The Hall–Kier alpha value is -2.58. The van der Waals surface area contributed by atoms with Crippen molar-refractivity contribution >= 4 is 17.8 Å². The molecule has 0 bridgehead atoms. The second kappa shape index (κ2) is 7.12. The number of rotatable bonds is 6. The van der Waals surface area contributed by atoms with Crippen molar-refractivity contribution in [2.24, 2.45) is 0 Å². The number of nitrogens with one attached hydrogen (secondary N) is 2. The summed E-state index contributed by atoms with van der Waals surface area (Å²) in [7, 11) is 0. The molecule has 2 rings (SSSR count). The maximum atomic E-state index is 12.4. The molecule has 0 aromatic heterocycles. The van der Waals surface area contributed by atoms with Gasteiger partial charge < -0.3 is 10.6 Å². The van der Waals surface area contributed by atoms with Crippen LogP contribution in [0, 0.1) is 0 Å². The zero-order valence-electron chi connectivity index (χ0n) is 13.5. The van der Waals surface area contributed by atoms with Gasteiger partial charge in [-0.3, -0.25) is 14.5 Å². The summed E-state index contributed by atoms with van der Waals surface area (Å²) in [6.07, 6.45) is -3.73. The van der Waals surface area contributed by atoms with Gasteiger partial charge in [0.1, 0.15) is 18.6 Å². The molecule has 2 N–H and O–H groups in total. The lowest BCUT2D eigenvalue weighted by molar-refractivity contribution is -0.141. The normalized spacial score (nSPS) is 20.6. The first-order valence-electron chi connectivity index (χ1n) is 7.62. The van der Waals surface area contributed by atoms with Crippen molar-refractivity contribution in [3.05, 3.63) is 35.9 Å². The zero-order chi connectivity index (χ0) is 18.7. The molecule has 1 atom stereocenters. The van der Waals surface area contributed by atoms with Crippen LogP contribution in [0.3, 0.4) is 0 Å². The van der Waals surface area contributed by atoms with E-state index in [0.29, 0.717) is 17.7 Å². The van der Waals surface area contributed by atoms with Gasteiger partial charge in [0.25, 0.3) is 5.91 Å². The number of amides is 4. The van der Waals surface area contributed by atoms with Crippen molar-refractivity contribution in [1.29, 1.82) is 0 Å². The third-order valence-corrected chi connectivity index (χ3v) is 3.89. The molecule has 1 unspecified atom stereocenters. The molecule has 4 amide bonds. The Balaban J connectivity index is 1.95. The van der Waals surface area contributed by atoms with Crippen LogP contribution in [0.2, 0.25) is 0 Å². The summed E-state index contributed by atoms with van der Waals surface area (Å²) in [6.45, 7) is -0.730.